The predicted octanol–water partition coefficient (Wildman–Crippen LogP) is 6.22. The first-order valence-electron chi connectivity index (χ1n) is 7.14. The molecule has 0 amide bonds. The molecule has 20 heavy (non-hydrogen) atoms. The van der Waals surface area contributed by atoms with Gasteiger partial charge in [-0.25, -0.2) is 0 Å². The Balaban J connectivity index is 0.000000200. The molecule has 0 saturated heterocycles. The molecule has 0 heterocycles. The van der Waals surface area contributed by atoms with Crippen LogP contribution in [0.3, 0.4) is 0 Å². The fraction of sp³-hybridized carbons (Fsp3) is 0.200. The Bertz CT molecular complexity index is 514. The monoisotopic (exact) mass is 264 g/mol. The quantitative estimate of drug-likeness (QED) is 0.617. The van der Waals surface area contributed by atoms with Crippen molar-refractivity contribution >= 4 is 12.2 Å². The van der Waals surface area contributed by atoms with E-state index >= 15 is 0 Å². The van der Waals surface area contributed by atoms with Crippen LogP contribution < -0.4 is 0 Å². The van der Waals surface area contributed by atoms with E-state index in [-0.39, 0.29) is 0 Å². The minimum atomic E-state index is 1.11. The molecule has 0 atom stereocenters. The largest absolute Gasteiger partial charge is 0.0842 e. The maximum Gasteiger partial charge on any atom is -0.0257 e. The highest BCUT2D eigenvalue weighted by atomic mass is 13.9. The Kier molecular flexibility index (Phi) is 7.83. The van der Waals surface area contributed by atoms with E-state index in [2.05, 4.69) is 87.5 Å². The summed E-state index contributed by atoms with van der Waals surface area (Å²) in [6, 6.07) is 20.7. The molecule has 2 aromatic rings. The third kappa shape index (κ3) is 7.38. The standard InChI is InChI=1S/2C10H12/c1-9(2)8-10-6-4-3-5-7-10;1-2-3-7-10-8-5-4-6-9-10/h3-8H,1-2H3;3-9H,2H2,1H3. The molecule has 2 aromatic carbocycles. The Labute approximate surface area is 123 Å². The highest BCUT2D eigenvalue weighted by Gasteiger charge is 1.82. The normalized spacial score (nSPS) is 9.75. The number of rotatable bonds is 3. The van der Waals surface area contributed by atoms with Gasteiger partial charge in [0.2, 0.25) is 0 Å². The lowest BCUT2D eigenvalue weighted by Crippen LogP contribution is -1.69. The van der Waals surface area contributed by atoms with Gasteiger partial charge in [0.1, 0.15) is 0 Å². The summed E-state index contributed by atoms with van der Waals surface area (Å²) >= 11 is 0. The van der Waals surface area contributed by atoms with E-state index in [0.29, 0.717) is 0 Å². The van der Waals surface area contributed by atoms with Crippen LogP contribution in [0.4, 0.5) is 0 Å². The Hall–Kier alpha value is -2.08. The molecular formula is C20H24. The fourth-order valence-corrected chi connectivity index (χ4v) is 1.70. The van der Waals surface area contributed by atoms with Crippen molar-refractivity contribution in [3.05, 3.63) is 83.4 Å². The maximum absolute atomic E-state index is 2.17. The molecule has 0 radical (unpaired) electrons. The van der Waals surface area contributed by atoms with Crippen LogP contribution in [0, 0.1) is 0 Å². The number of benzene rings is 2. The molecule has 0 unspecified atom stereocenters. The summed E-state index contributed by atoms with van der Waals surface area (Å²) in [5.41, 5.74) is 3.90. The summed E-state index contributed by atoms with van der Waals surface area (Å²) < 4.78 is 0. The molecular weight excluding hydrogens is 240 g/mol. The minimum Gasteiger partial charge on any atom is -0.0842 e. The minimum absolute atomic E-state index is 1.11. The third-order valence-corrected chi connectivity index (χ3v) is 2.60. The van der Waals surface area contributed by atoms with E-state index < -0.39 is 0 Å². The van der Waals surface area contributed by atoms with Gasteiger partial charge in [-0.3, -0.25) is 0 Å². The van der Waals surface area contributed by atoms with E-state index in [1.165, 1.54) is 16.7 Å². The van der Waals surface area contributed by atoms with Crippen molar-refractivity contribution in [2.45, 2.75) is 27.2 Å². The van der Waals surface area contributed by atoms with Crippen molar-refractivity contribution in [1.29, 1.82) is 0 Å². The highest BCUT2D eigenvalue weighted by molar-refractivity contribution is 5.51. The topological polar surface area (TPSA) is 0 Å². The van der Waals surface area contributed by atoms with Crippen molar-refractivity contribution in [2.24, 2.45) is 0 Å². The first-order valence-corrected chi connectivity index (χ1v) is 7.14. The van der Waals surface area contributed by atoms with Crippen LogP contribution in [0.5, 0.6) is 0 Å². The van der Waals surface area contributed by atoms with E-state index in [1.54, 1.807) is 0 Å². The molecule has 0 heteroatoms. The highest BCUT2D eigenvalue weighted by Crippen LogP contribution is 2.04. The molecule has 0 aliphatic heterocycles. The SMILES string of the molecule is CC(C)=Cc1ccccc1.CCC=Cc1ccccc1. The number of hydrogen-bond acceptors (Lipinski definition) is 0. The molecule has 0 aliphatic rings. The average molecular weight is 264 g/mol. The summed E-state index contributed by atoms with van der Waals surface area (Å²) in [7, 11) is 0. The third-order valence-electron chi connectivity index (χ3n) is 2.60. The zero-order valence-electron chi connectivity index (χ0n) is 12.7. The summed E-state index contributed by atoms with van der Waals surface area (Å²) in [5, 5.41) is 0. The molecule has 2 rings (SSSR count). The first-order chi connectivity index (χ1) is 9.72. The van der Waals surface area contributed by atoms with Crippen molar-refractivity contribution in [3.63, 3.8) is 0 Å². The number of allylic oxidation sites excluding steroid dienone is 2. The van der Waals surface area contributed by atoms with Gasteiger partial charge in [0.15, 0.2) is 0 Å². The summed E-state index contributed by atoms with van der Waals surface area (Å²) in [6.45, 7) is 6.35. The van der Waals surface area contributed by atoms with Crippen LogP contribution in [0.25, 0.3) is 12.2 Å². The van der Waals surface area contributed by atoms with Crippen LogP contribution in [-0.4, -0.2) is 0 Å². The Morgan fingerprint density at radius 3 is 1.75 bits per heavy atom. The van der Waals surface area contributed by atoms with E-state index in [9.17, 15) is 0 Å². The molecule has 0 aliphatic carbocycles. The molecule has 0 aromatic heterocycles. The number of hydrogen-bond donors (Lipinski definition) is 0. The lowest BCUT2D eigenvalue weighted by atomic mass is 10.2. The second-order valence-corrected chi connectivity index (χ2v) is 4.85. The Morgan fingerprint density at radius 2 is 1.30 bits per heavy atom. The summed E-state index contributed by atoms with van der Waals surface area (Å²) in [4.78, 5) is 0. The maximum atomic E-state index is 2.17. The van der Waals surface area contributed by atoms with E-state index in [0.717, 1.165) is 6.42 Å². The van der Waals surface area contributed by atoms with Gasteiger partial charge < -0.3 is 0 Å². The Morgan fingerprint density at radius 1 is 0.800 bits per heavy atom. The van der Waals surface area contributed by atoms with Gasteiger partial charge in [-0.15, -0.1) is 0 Å². The van der Waals surface area contributed by atoms with Crippen LogP contribution in [0.2, 0.25) is 0 Å². The van der Waals surface area contributed by atoms with Gasteiger partial charge >= 0.3 is 0 Å². The molecule has 0 bridgehead atoms. The van der Waals surface area contributed by atoms with E-state index in [4.69, 9.17) is 0 Å². The predicted molar refractivity (Wildman–Crippen MR) is 91.5 cm³/mol. The molecule has 0 nitrogen and oxygen atoms in total. The lowest BCUT2D eigenvalue weighted by molar-refractivity contribution is 1.23. The van der Waals surface area contributed by atoms with Gasteiger partial charge in [-0.05, 0) is 31.4 Å². The van der Waals surface area contributed by atoms with Crippen molar-refractivity contribution < 1.29 is 0 Å². The first kappa shape index (κ1) is 16.0. The van der Waals surface area contributed by atoms with Gasteiger partial charge in [0.25, 0.3) is 0 Å². The molecule has 104 valence electrons. The van der Waals surface area contributed by atoms with Crippen molar-refractivity contribution in [2.75, 3.05) is 0 Å². The van der Waals surface area contributed by atoms with Crippen molar-refractivity contribution in [1.82, 2.24) is 0 Å². The zero-order valence-corrected chi connectivity index (χ0v) is 12.7. The molecule has 0 spiro atoms. The second-order valence-electron chi connectivity index (χ2n) is 4.85. The van der Waals surface area contributed by atoms with Gasteiger partial charge in [0.05, 0.1) is 0 Å². The fourth-order valence-electron chi connectivity index (χ4n) is 1.70. The summed E-state index contributed by atoms with van der Waals surface area (Å²) in [5.74, 6) is 0. The van der Waals surface area contributed by atoms with Gasteiger partial charge in [-0.2, -0.15) is 0 Å². The van der Waals surface area contributed by atoms with Crippen LogP contribution >= 0.6 is 0 Å². The van der Waals surface area contributed by atoms with Crippen LogP contribution in [0.15, 0.2) is 72.3 Å². The molecule has 0 saturated carbocycles. The summed E-state index contributed by atoms with van der Waals surface area (Å²) in [6.07, 6.45) is 7.57. The smallest absolute Gasteiger partial charge is 0.0257 e. The second kappa shape index (κ2) is 9.80. The van der Waals surface area contributed by atoms with E-state index in [1.807, 2.05) is 12.1 Å². The molecule has 0 fully saturated rings. The molecule has 0 N–H and O–H groups in total. The zero-order chi connectivity index (χ0) is 14.6. The van der Waals surface area contributed by atoms with Crippen LogP contribution in [-0.2, 0) is 0 Å². The average Bonchev–Trinajstić information content (AvgIpc) is 2.47. The van der Waals surface area contributed by atoms with Crippen LogP contribution in [0.1, 0.15) is 38.3 Å². The lowest BCUT2D eigenvalue weighted by Gasteiger charge is -1.91. The van der Waals surface area contributed by atoms with Crippen molar-refractivity contribution in [3.8, 4) is 0 Å². The van der Waals surface area contributed by atoms with Gasteiger partial charge in [-0.1, -0.05) is 91.4 Å². The van der Waals surface area contributed by atoms with Gasteiger partial charge in [0, 0.05) is 0 Å².